The second kappa shape index (κ2) is 4.67. The number of hydrogen-bond acceptors (Lipinski definition) is 3. The average molecular weight is 261 g/mol. The van der Waals surface area contributed by atoms with Crippen LogP contribution in [0, 0.1) is 0 Å². The molecule has 0 radical (unpaired) electrons. The first kappa shape index (κ1) is 10.6. The van der Waals surface area contributed by atoms with Gasteiger partial charge >= 0.3 is 5.97 Å². The number of thioether (sulfide) groups is 1. The summed E-state index contributed by atoms with van der Waals surface area (Å²) < 4.78 is 5.75. The zero-order chi connectivity index (χ0) is 9.84. The molecule has 70 valence electrons. The van der Waals surface area contributed by atoms with E-state index in [1.807, 2.05) is 18.4 Å². The van der Waals surface area contributed by atoms with Gasteiger partial charge in [0.25, 0.3) is 0 Å². The van der Waals surface area contributed by atoms with Gasteiger partial charge in [-0.05, 0) is 40.4 Å². The molecule has 0 saturated carbocycles. The average Bonchev–Trinajstić information content (AvgIpc) is 2.08. The van der Waals surface area contributed by atoms with Gasteiger partial charge in [0.2, 0.25) is 0 Å². The Morgan fingerprint density at radius 2 is 2.23 bits per heavy atom. The third kappa shape index (κ3) is 3.04. The molecule has 0 N–H and O–H groups in total. The molecule has 0 saturated heterocycles. The summed E-state index contributed by atoms with van der Waals surface area (Å²) in [5, 5.41) is 0. The molecule has 0 atom stereocenters. The Bertz CT molecular complexity index is 325. The van der Waals surface area contributed by atoms with Crippen molar-refractivity contribution in [2.45, 2.75) is 11.8 Å². The summed E-state index contributed by atoms with van der Waals surface area (Å²) in [7, 11) is 0. The van der Waals surface area contributed by atoms with Crippen molar-refractivity contribution >= 4 is 33.7 Å². The van der Waals surface area contributed by atoms with Crippen molar-refractivity contribution in [3.63, 3.8) is 0 Å². The van der Waals surface area contributed by atoms with Crippen molar-refractivity contribution in [2.24, 2.45) is 0 Å². The lowest BCUT2D eigenvalue weighted by Crippen LogP contribution is -2.01. The highest BCUT2D eigenvalue weighted by Gasteiger charge is 2.04. The molecule has 0 fully saturated rings. The summed E-state index contributed by atoms with van der Waals surface area (Å²) in [4.78, 5) is 11.8. The van der Waals surface area contributed by atoms with Crippen LogP contribution >= 0.6 is 27.7 Å². The molecule has 1 rings (SSSR count). The van der Waals surface area contributed by atoms with Gasteiger partial charge in [-0.25, -0.2) is 0 Å². The maximum atomic E-state index is 10.7. The van der Waals surface area contributed by atoms with Crippen LogP contribution in [0.5, 0.6) is 5.75 Å². The molecular weight excluding hydrogens is 252 g/mol. The van der Waals surface area contributed by atoms with Crippen molar-refractivity contribution in [2.75, 3.05) is 6.26 Å². The predicted octanol–water partition coefficient (Wildman–Crippen LogP) is 3.10. The van der Waals surface area contributed by atoms with Gasteiger partial charge in [-0.3, -0.25) is 4.79 Å². The Kier molecular flexibility index (Phi) is 3.81. The standard InChI is InChI=1S/C9H9BrO2S/c1-6(11)12-9-4-3-7(13-2)5-8(9)10/h3-5H,1-2H3. The normalized spacial score (nSPS) is 9.77. The number of hydrogen-bond donors (Lipinski definition) is 0. The number of ether oxygens (including phenoxy) is 1. The van der Waals surface area contributed by atoms with Gasteiger partial charge in [0.15, 0.2) is 0 Å². The van der Waals surface area contributed by atoms with Crippen LogP contribution in [0.1, 0.15) is 6.92 Å². The Morgan fingerprint density at radius 3 is 2.69 bits per heavy atom. The summed E-state index contributed by atoms with van der Waals surface area (Å²) in [6.07, 6.45) is 1.99. The van der Waals surface area contributed by atoms with E-state index in [0.717, 1.165) is 9.37 Å². The number of carbonyl (C=O) groups excluding carboxylic acids is 1. The van der Waals surface area contributed by atoms with E-state index < -0.39 is 0 Å². The minimum atomic E-state index is -0.308. The SMILES string of the molecule is CSc1ccc(OC(C)=O)c(Br)c1. The third-order valence-corrected chi connectivity index (χ3v) is 2.74. The molecule has 0 amide bonds. The van der Waals surface area contributed by atoms with E-state index in [0.29, 0.717) is 5.75 Å². The lowest BCUT2D eigenvalue weighted by Gasteiger charge is -2.04. The highest BCUT2D eigenvalue weighted by atomic mass is 79.9. The van der Waals surface area contributed by atoms with Crippen LogP contribution in [-0.4, -0.2) is 12.2 Å². The van der Waals surface area contributed by atoms with Gasteiger partial charge in [-0.1, -0.05) is 0 Å². The summed E-state index contributed by atoms with van der Waals surface area (Å²) in [5.74, 6) is 0.253. The first-order valence-corrected chi connectivity index (χ1v) is 5.67. The van der Waals surface area contributed by atoms with Crippen molar-refractivity contribution in [1.29, 1.82) is 0 Å². The minimum absolute atomic E-state index is 0.308. The highest BCUT2D eigenvalue weighted by Crippen LogP contribution is 2.29. The molecular formula is C9H9BrO2S. The van der Waals surface area contributed by atoms with Crippen molar-refractivity contribution < 1.29 is 9.53 Å². The van der Waals surface area contributed by atoms with Crippen LogP contribution in [0.2, 0.25) is 0 Å². The lowest BCUT2D eigenvalue weighted by molar-refractivity contribution is -0.131. The van der Waals surface area contributed by atoms with Gasteiger partial charge in [0.1, 0.15) is 5.75 Å². The highest BCUT2D eigenvalue weighted by molar-refractivity contribution is 9.10. The van der Waals surface area contributed by atoms with E-state index in [-0.39, 0.29) is 5.97 Å². The maximum Gasteiger partial charge on any atom is 0.308 e. The van der Waals surface area contributed by atoms with Crippen molar-refractivity contribution in [3.8, 4) is 5.75 Å². The molecule has 4 heteroatoms. The lowest BCUT2D eigenvalue weighted by atomic mass is 10.3. The van der Waals surface area contributed by atoms with Crippen molar-refractivity contribution in [3.05, 3.63) is 22.7 Å². The number of benzene rings is 1. The quantitative estimate of drug-likeness (QED) is 0.465. The van der Waals surface area contributed by atoms with E-state index >= 15 is 0 Å². The van der Waals surface area contributed by atoms with E-state index in [1.54, 1.807) is 17.8 Å². The van der Waals surface area contributed by atoms with Gasteiger partial charge in [0.05, 0.1) is 4.47 Å². The smallest absolute Gasteiger partial charge is 0.308 e. The third-order valence-electron chi connectivity index (χ3n) is 1.39. The molecule has 1 aromatic rings. The Balaban J connectivity index is 2.91. The second-order valence-electron chi connectivity index (χ2n) is 2.39. The van der Waals surface area contributed by atoms with Crippen LogP contribution in [0.3, 0.4) is 0 Å². The largest absolute Gasteiger partial charge is 0.426 e. The number of halogens is 1. The fourth-order valence-corrected chi connectivity index (χ4v) is 1.90. The monoisotopic (exact) mass is 260 g/mol. The molecule has 0 bridgehead atoms. The zero-order valence-corrected chi connectivity index (χ0v) is 9.74. The van der Waals surface area contributed by atoms with Crippen LogP contribution in [-0.2, 0) is 4.79 Å². The molecule has 0 aliphatic rings. The Hall–Kier alpha value is -0.480. The predicted molar refractivity (Wildman–Crippen MR) is 57.2 cm³/mol. The summed E-state index contributed by atoms with van der Waals surface area (Å²) in [6.45, 7) is 1.38. The molecule has 1 aromatic carbocycles. The second-order valence-corrected chi connectivity index (χ2v) is 4.12. The van der Waals surface area contributed by atoms with Gasteiger partial charge in [-0.15, -0.1) is 11.8 Å². The first-order valence-electron chi connectivity index (χ1n) is 3.65. The van der Waals surface area contributed by atoms with Crippen LogP contribution < -0.4 is 4.74 Å². The zero-order valence-electron chi connectivity index (χ0n) is 7.33. The number of esters is 1. The fraction of sp³-hybridized carbons (Fsp3) is 0.222. The van der Waals surface area contributed by atoms with Gasteiger partial charge in [0, 0.05) is 11.8 Å². The molecule has 0 aliphatic heterocycles. The van der Waals surface area contributed by atoms with E-state index in [4.69, 9.17) is 4.74 Å². The van der Waals surface area contributed by atoms with Crippen LogP contribution in [0.4, 0.5) is 0 Å². The van der Waals surface area contributed by atoms with E-state index in [9.17, 15) is 4.79 Å². The van der Waals surface area contributed by atoms with Crippen LogP contribution in [0.25, 0.3) is 0 Å². The van der Waals surface area contributed by atoms with Crippen molar-refractivity contribution in [1.82, 2.24) is 0 Å². The minimum Gasteiger partial charge on any atom is -0.426 e. The molecule has 13 heavy (non-hydrogen) atoms. The summed E-state index contributed by atoms with van der Waals surface area (Å²) in [6, 6.07) is 5.61. The molecule has 0 spiro atoms. The molecule has 0 unspecified atom stereocenters. The Labute approximate surface area is 89.8 Å². The van der Waals surface area contributed by atoms with E-state index in [2.05, 4.69) is 15.9 Å². The molecule has 0 heterocycles. The number of rotatable bonds is 2. The topological polar surface area (TPSA) is 26.3 Å². The summed E-state index contributed by atoms with van der Waals surface area (Å²) >= 11 is 4.97. The Morgan fingerprint density at radius 1 is 1.54 bits per heavy atom. The van der Waals surface area contributed by atoms with Gasteiger partial charge < -0.3 is 4.74 Å². The van der Waals surface area contributed by atoms with E-state index in [1.165, 1.54) is 6.92 Å². The van der Waals surface area contributed by atoms with Crippen LogP contribution in [0.15, 0.2) is 27.6 Å². The molecule has 0 aliphatic carbocycles. The molecule has 2 nitrogen and oxygen atoms in total. The molecule has 0 aromatic heterocycles. The number of carbonyl (C=O) groups is 1. The maximum absolute atomic E-state index is 10.7. The van der Waals surface area contributed by atoms with Gasteiger partial charge in [-0.2, -0.15) is 0 Å². The fourth-order valence-electron chi connectivity index (χ4n) is 0.846. The summed E-state index contributed by atoms with van der Waals surface area (Å²) in [5.41, 5.74) is 0. The first-order chi connectivity index (χ1) is 6.13.